The fraction of sp³-hybridized carbons (Fsp3) is 0.429. The van der Waals surface area contributed by atoms with Crippen LogP contribution in [0.3, 0.4) is 0 Å². The number of amides is 1. The molecule has 1 aromatic carbocycles. The van der Waals surface area contributed by atoms with Gasteiger partial charge >= 0.3 is 0 Å². The molecule has 0 saturated heterocycles. The smallest absolute Gasteiger partial charge is 0.228 e. The molecule has 5 heteroatoms. The molecule has 26 heavy (non-hydrogen) atoms. The molecular weight excluding hydrogens is 326 g/mol. The molecule has 0 bridgehead atoms. The molecule has 1 N–H and O–H groups in total. The maximum Gasteiger partial charge on any atom is 0.228 e. The summed E-state index contributed by atoms with van der Waals surface area (Å²) in [6, 6.07) is 14.0. The van der Waals surface area contributed by atoms with Crippen molar-refractivity contribution >= 4 is 5.91 Å². The van der Waals surface area contributed by atoms with Gasteiger partial charge < -0.3 is 10.0 Å². The van der Waals surface area contributed by atoms with Crippen LogP contribution in [-0.2, 0) is 17.9 Å². The standard InChI is InChI=1S/C21H27N3O2/c1-23(14-16-6-4-3-5-7-16)19-9-8-18(20(19)25)21(26)24(2)15-17-10-12-22-13-11-17/h3-7,10-13,18-20,25H,8-9,14-15H2,1-2H3/t18-,19-,20+/m1/s1. The normalized spacial score (nSPS) is 22.5. The predicted molar refractivity (Wildman–Crippen MR) is 101 cm³/mol. The monoisotopic (exact) mass is 353 g/mol. The second-order valence-corrected chi connectivity index (χ2v) is 7.19. The number of hydrogen-bond donors (Lipinski definition) is 1. The molecule has 1 fully saturated rings. The number of aromatic nitrogens is 1. The average molecular weight is 353 g/mol. The maximum absolute atomic E-state index is 12.8. The number of carbonyl (C=O) groups is 1. The third-order valence-electron chi connectivity index (χ3n) is 5.28. The zero-order valence-corrected chi connectivity index (χ0v) is 15.5. The Labute approximate surface area is 155 Å². The minimum atomic E-state index is -0.629. The SMILES string of the molecule is CN(Cc1ccncc1)C(=O)[C@@H]1CC[C@@H](N(C)Cc2ccccc2)[C@H]1O. The molecule has 138 valence electrons. The number of hydrogen-bond acceptors (Lipinski definition) is 4. The van der Waals surface area contributed by atoms with Crippen LogP contribution in [0.4, 0.5) is 0 Å². The van der Waals surface area contributed by atoms with Crippen molar-refractivity contribution in [2.24, 2.45) is 5.92 Å². The highest BCUT2D eigenvalue weighted by molar-refractivity contribution is 5.79. The third kappa shape index (κ3) is 4.29. The molecule has 0 aliphatic heterocycles. The topological polar surface area (TPSA) is 56.7 Å². The molecule has 1 amide bonds. The zero-order chi connectivity index (χ0) is 18.5. The molecule has 1 aliphatic rings. The Hall–Kier alpha value is -2.24. The average Bonchev–Trinajstić information content (AvgIpc) is 3.04. The molecule has 1 aromatic heterocycles. The Morgan fingerprint density at radius 1 is 1.04 bits per heavy atom. The van der Waals surface area contributed by atoms with E-state index in [9.17, 15) is 9.90 Å². The van der Waals surface area contributed by atoms with Gasteiger partial charge in [0.1, 0.15) is 0 Å². The van der Waals surface area contributed by atoms with Crippen molar-refractivity contribution < 1.29 is 9.90 Å². The first-order valence-corrected chi connectivity index (χ1v) is 9.12. The van der Waals surface area contributed by atoms with Crippen LogP contribution < -0.4 is 0 Å². The molecule has 1 aliphatic carbocycles. The first-order chi connectivity index (χ1) is 12.6. The molecule has 1 saturated carbocycles. The summed E-state index contributed by atoms with van der Waals surface area (Å²) >= 11 is 0. The predicted octanol–water partition coefficient (Wildman–Crippen LogP) is 2.31. The molecule has 1 heterocycles. The summed E-state index contributed by atoms with van der Waals surface area (Å²) in [6.07, 6.45) is 4.39. The van der Waals surface area contributed by atoms with Crippen molar-refractivity contribution in [2.75, 3.05) is 14.1 Å². The van der Waals surface area contributed by atoms with E-state index in [0.29, 0.717) is 6.54 Å². The van der Waals surface area contributed by atoms with Crippen LogP contribution in [0.1, 0.15) is 24.0 Å². The molecule has 0 unspecified atom stereocenters. The lowest BCUT2D eigenvalue weighted by Gasteiger charge is -2.29. The van der Waals surface area contributed by atoms with Gasteiger partial charge in [0.05, 0.1) is 12.0 Å². The van der Waals surface area contributed by atoms with Crippen molar-refractivity contribution in [1.29, 1.82) is 0 Å². The Morgan fingerprint density at radius 2 is 1.69 bits per heavy atom. The van der Waals surface area contributed by atoms with Crippen molar-refractivity contribution in [2.45, 2.75) is 38.1 Å². The quantitative estimate of drug-likeness (QED) is 0.866. The van der Waals surface area contributed by atoms with Gasteiger partial charge in [0.25, 0.3) is 0 Å². The Bertz CT molecular complexity index is 708. The van der Waals surface area contributed by atoms with Gasteiger partial charge in [-0.25, -0.2) is 0 Å². The number of benzene rings is 1. The van der Waals surface area contributed by atoms with Gasteiger partial charge in [0.2, 0.25) is 5.91 Å². The summed E-state index contributed by atoms with van der Waals surface area (Å²) < 4.78 is 0. The second-order valence-electron chi connectivity index (χ2n) is 7.19. The second kappa shape index (κ2) is 8.43. The molecule has 2 aromatic rings. The van der Waals surface area contributed by atoms with Crippen LogP contribution in [0, 0.1) is 5.92 Å². The van der Waals surface area contributed by atoms with E-state index in [4.69, 9.17) is 0 Å². The first kappa shape index (κ1) is 18.5. The fourth-order valence-electron chi connectivity index (χ4n) is 3.82. The number of aliphatic hydroxyl groups is 1. The van der Waals surface area contributed by atoms with Crippen LogP contribution in [0.2, 0.25) is 0 Å². The number of nitrogens with zero attached hydrogens (tertiary/aromatic N) is 3. The van der Waals surface area contributed by atoms with Gasteiger partial charge in [-0.2, -0.15) is 0 Å². The minimum absolute atomic E-state index is 0.0125. The summed E-state index contributed by atoms with van der Waals surface area (Å²) in [5.74, 6) is -0.310. The van der Waals surface area contributed by atoms with E-state index in [0.717, 1.165) is 24.9 Å². The van der Waals surface area contributed by atoms with E-state index in [1.54, 1.807) is 24.3 Å². The van der Waals surface area contributed by atoms with Crippen LogP contribution in [0.15, 0.2) is 54.9 Å². The van der Waals surface area contributed by atoms with Gasteiger partial charge in [-0.05, 0) is 43.1 Å². The van der Waals surface area contributed by atoms with Crippen molar-refractivity contribution in [3.8, 4) is 0 Å². The first-order valence-electron chi connectivity index (χ1n) is 9.12. The number of likely N-dealkylation sites (N-methyl/N-ethyl adjacent to an activating group) is 1. The fourth-order valence-corrected chi connectivity index (χ4v) is 3.82. The summed E-state index contributed by atoms with van der Waals surface area (Å²) in [7, 11) is 3.82. The summed E-state index contributed by atoms with van der Waals surface area (Å²) in [5.41, 5.74) is 2.26. The van der Waals surface area contributed by atoms with E-state index < -0.39 is 6.10 Å². The van der Waals surface area contributed by atoms with Crippen LogP contribution in [0.5, 0.6) is 0 Å². The lowest BCUT2D eigenvalue weighted by Crippen LogP contribution is -2.43. The van der Waals surface area contributed by atoms with Crippen molar-refractivity contribution in [3.05, 3.63) is 66.0 Å². The lowest BCUT2D eigenvalue weighted by atomic mass is 10.0. The number of carbonyl (C=O) groups excluding carboxylic acids is 1. The summed E-state index contributed by atoms with van der Waals surface area (Å²) in [5, 5.41) is 10.8. The highest BCUT2D eigenvalue weighted by atomic mass is 16.3. The number of aliphatic hydroxyl groups excluding tert-OH is 1. The number of pyridine rings is 1. The highest BCUT2D eigenvalue weighted by Gasteiger charge is 2.41. The highest BCUT2D eigenvalue weighted by Crippen LogP contribution is 2.31. The number of rotatable bonds is 6. The van der Waals surface area contributed by atoms with Crippen LogP contribution >= 0.6 is 0 Å². The van der Waals surface area contributed by atoms with E-state index in [-0.39, 0.29) is 17.9 Å². The van der Waals surface area contributed by atoms with Gasteiger partial charge in [0.15, 0.2) is 0 Å². The summed E-state index contributed by atoms with van der Waals surface area (Å²) in [4.78, 5) is 20.7. The Kier molecular flexibility index (Phi) is 6.01. The van der Waals surface area contributed by atoms with Crippen LogP contribution in [0.25, 0.3) is 0 Å². The largest absolute Gasteiger partial charge is 0.391 e. The summed E-state index contributed by atoms with van der Waals surface area (Å²) in [6.45, 7) is 1.31. The van der Waals surface area contributed by atoms with Gasteiger partial charge in [-0.1, -0.05) is 30.3 Å². The Balaban J connectivity index is 1.59. The van der Waals surface area contributed by atoms with E-state index in [1.807, 2.05) is 37.4 Å². The molecule has 3 rings (SSSR count). The van der Waals surface area contributed by atoms with Gasteiger partial charge in [-0.3, -0.25) is 14.7 Å². The minimum Gasteiger partial charge on any atom is -0.391 e. The zero-order valence-electron chi connectivity index (χ0n) is 15.5. The molecular formula is C21H27N3O2. The van der Waals surface area contributed by atoms with Gasteiger partial charge in [0, 0.05) is 38.6 Å². The maximum atomic E-state index is 12.8. The third-order valence-corrected chi connectivity index (χ3v) is 5.28. The molecule has 3 atom stereocenters. The van der Waals surface area contributed by atoms with E-state index in [2.05, 4.69) is 22.0 Å². The van der Waals surface area contributed by atoms with Crippen molar-refractivity contribution in [3.63, 3.8) is 0 Å². The van der Waals surface area contributed by atoms with E-state index >= 15 is 0 Å². The molecule has 5 nitrogen and oxygen atoms in total. The lowest BCUT2D eigenvalue weighted by molar-refractivity contribution is -0.138. The van der Waals surface area contributed by atoms with E-state index in [1.165, 1.54) is 5.56 Å². The molecule has 0 radical (unpaired) electrons. The van der Waals surface area contributed by atoms with Crippen LogP contribution in [-0.4, -0.2) is 52.0 Å². The van der Waals surface area contributed by atoms with Crippen molar-refractivity contribution in [1.82, 2.24) is 14.8 Å². The van der Waals surface area contributed by atoms with Gasteiger partial charge in [-0.15, -0.1) is 0 Å². The Morgan fingerprint density at radius 3 is 2.38 bits per heavy atom. The molecule has 0 spiro atoms.